The molecule has 1 amide bonds. The zero-order valence-electron chi connectivity index (χ0n) is 11.5. The number of hydrogen-bond acceptors (Lipinski definition) is 7. The van der Waals surface area contributed by atoms with Crippen LogP contribution in [0, 0.1) is 0 Å². The third-order valence-electron chi connectivity index (χ3n) is 2.06. The smallest absolute Gasteiger partial charge is 0.302 e. The number of carbonyl (C=O) groups is 3. The molecule has 0 saturated heterocycles. The lowest BCUT2D eigenvalue weighted by Gasteiger charge is -2.21. The van der Waals surface area contributed by atoms with Crippen LogP contribution in [0.3, 0.4) is 0 Å². The summed E-state index contributed by atoms with van der Waals surface area (Å²) in [6.07, 6.45) is 0. The fourth-order valence-corrected chi connectivity index (χ4v) is 1.29. The molecule has 0 radical (unpaired) electrons. The van der Waals surface area contributed by atoms with Crippen LogP contribution in [0.5, 0.6) is 0 Å². The van der Waals surface area contributed by atoms with Gasteiger partial charge in [-0.15, -0.1) is 0 Å². The SMILES string of the molecule is CNNC(=O)CN(CCOC(C)=O)CCOC(C)=O. The molecule has 19 heavy (non-hydrogen) atoms. The second-order valence-corrected chi connectivity index (χ2v) is 3.75. The first-order valence-corrected chi connectivity index (χ1v) is 5.90. The summed E-state index contributed by atoms with van der Waals surface area (Å²) in [6.45, 7) is 3.89. The number of nitrogens with zero attached hydrogens (tertiary/aromatic N) is 1. The van der Waals surface area contributed by atoms with Crippen molar-refractivity contribution >= 4 is 17.8 Å². The van der Waals surface area contributed by atoms with E-state index < -0.39 is 0 Å². The zero-order valence-corrected chi connectivity index (χ0v) is 11.5. The summed E-state index contributed by atoms with van der Waals surface area (Å²) < 4.78 is 9.61. The average Bonchev–Trinajstić information content (AvgIpc) is 2.27. The summed E-state index contributed by atoms with van der Waals surface area (Å²) in [7, 11) is 1.58. The number of nitrogens with one attached hydrogen (secondary N) is 2. The van der Waals surface area contributed by atoms with E-state index in [1.807, 2.05) is 0 Å². The fraction of sp³-hybridized carbons (Fsp3) is 0.727. The third kappa shape index (κ3) is 11.2. The predicted octanol–water partition coefficient (Wildman–Crippen LogP) is -1.33. The van der Waals surface area contributed by atoms with Crippen molar-refractivity contribution in [2.45, 2.75) is 13.8 Å². The maximum atomic E-state index is 11.4. The van der Waals surface area contributed by atoms with E-state index in [0.717, 1.165) is 0 Å². The number of rotatable bonds is 9. The molecule has 0 atom stereocenters. The van der Waals surface area contributed by atoms with Gasteiger partial charge in [-0.3, -0.25) is 24.7 Å². The summed E-state index contributed by atoms with van der Waals surface area (Å²) in [5.74, 6) is -0.979. The highest BCUT2D eigenvalue weighted by Gasteiger charge is 2.11. The largest absolute Gasteiger partial charge is 0.465 e. The lowest BCUT2D eigenvalue weighted by Crippen LogP contribution is -2.44. The highest BCUT2D eigenvalue weighted by Crippen LogP contribution is 1.91. The van der Waals surface area contributed by atoms with E-state index in [-0.39, 0.29) is 37.6 Å². The van der Waals surface area contributed by atoms with Gasteiger partial charge in [0.15, 0.2) is 0 Å². The summed E-state index contributed by atoms with van der Waals surface area (Å²) in [5.41, 5.74) is 4.95. The third-order valence-corrected chi connectivity index (χ3v) is 2.06. The van der Waals surface area contributed by atoms with Crippen LogP contribution in [0.1, 0.15) is 13.8 Å². The Morgan fingerprint density at radius 1 is 1.00 bits per heavy atom. The fourth-order valence-electron chi connectivity index (χ4n) is 1.29. The van der Waals surface area contributed by atoms with Crippen molar-refractivity contribution in [2.24, 2.45) is 0 Å². The lowest BCUT2D eigenvalue weighted by molar-refractivity contribution is -0.141. The van der Waals surface area contributed by atoms with Crippen LogP contribution in [0.15, 0.2) is 0 Å². The second kappa shape index (κ2) is 10.3. The molecule has 0 fully saturated rings. The molecule has 0 aromatic carbocycles. The van der Waals surface area contributed by atoms with Crippen LogP contribution in [0.4, 0.5) is 0 Å². The zero-order chi connectivity index (χ0) is 14.7. The molecule has 0 saturated carbocycles. The van der Waals surface area contributed by atoms with Crippen LogP contribution in [0.25, 0.3) is 0 Å². The van der Waals surface area contributed by atoms with E-state index in [2.05, 4.69) is 10.9 Å². The van der Waals surface area contributed by atoms with Gasteiger partial charge in [-0.1, -0.05) is 0 Å². The van der Waals surface area contributed by atoms with E-state index >= 15 is 0 Å². The van der Waals surface area contributed by atoms with Crippen molar-refractivity contribution in [3.8, 4) is 0 Å². The van der Waals surface area contributed by atoms with Gasteiger partial charge in [0.25, 0.3) is 0 Å². The molecule has 0 aliphatic heterocycles. The maximum Gasteiger partial charge on any atom is 0.302 e. The topological polar surface area (TPSA) is 97.0 Å². The molecule has 0 aromatic heterocycles. The summed E-state index contributed by atoms with van der Waals surface area (Å²) in [4.78, 5) is 34.4. The van der Waals surface area contributed by atoms with Gasteiger partial charge in [0.05, 0.1) is 6.54 Å². The van der Waals surface area contributed by atoms with E-state index in [4.69, 9.17) is 9.47 Å². The highest BCUT2D eigenvalue weighted by molar-refractivity contribution is 5.77. The van der Waals surface area contributed by atoms with Gasteiger partial charge in [-0.25, -0.2) is 5.43 Å². The van der Waals surface area contributed by atoms with Crippen LogP contribution in [-0.4, -0.2) is 62.6 Å². The minimum atomic E-state index is -0.375. The van der Waals surface area contributed by atoms with Crippen molar-refractivity contribution < 1.29 is 23.9 Å². The number of hydrogen-bond donors (Lipinski definition) is 2. The highest BCUT2D eigenvalue weighted by atomic mass is 16.5. The number of hydrazine groups is 1. The Labute approximate surface area is 112 Å². The van der Waals surface area contributed by atoms with E-state index in [1.54, 1.807) is 11.9 Å². The standard InChI is InChI=1S/C11H21N3O5/c1-9(15)18-6-4-14(5-7-19-10(2)16)8-11(17)13-12-3/h12H,4-8H2,1-3H3,(H,13,17). The Morgan fingerprint density at radius 3 is 1.84 bits per heavy atom. The number of carbonyl (C=O) groups excluding carboxylic acids is 3. The molecule has 8 heteroatoms. The van der Waals surface area contributed by atoms with Gasteiger partial charge in [0, 0.05) is 34.0 Å². The molecule has 0 aliphatic carbocycles. The Kier molecular flexibility index (Phi) is 9.37. The molecule has 0 aliphatic rings. The maximum absolute atomic E-state index is 11.4. The summed E-state index contributed by atoms with van der Waals surface area (Å²) in [6, 6.07) is 0. The molecule has 8 nitrogen and oxygen atoms in total. The first kappa shape index (κ1) is 17.3. The predicted molar refractivity (Wildman–Crippen MR) is 66.9 cm³/mol. The lowest BCUT2D eigenvalue weighted by atomic mass is 10.4. The molecule has 0 rings (SSSR count). The average molecular weight is 275 g/mol. The van der Waals surface area contributed by atoms with Crippen molar-refractivity contribution in [3.63, 3.8) is 0 Å². The number of esters is 2. The molecule has 0 spiro atoms. The summed E-state index contributed by atoms with van der Waals surface area (Å²) >= 11 is 0. The van der Waals surface area contributed by atoms with E-state index in [0.29, 0.717) is 13.1 Å². The first-order chi connectivity index (χ1) is 8.95. The van der Waals surface area contributed by atoms with Crippen LogP contribution in [-0.2, 0) is 23.9 Å². The number of ether oxygens (including phenoxy) is 2. The van der Waals surface area contributed by atoms with Crippen LogP contribution in [0.2, 0.25) is 0 Å². The van der Waals surface area contributed by atoms with Crippen molar-refractivity contribution in [2.75, 3.05) is 39.9 Å². The summed E-state index contributed by atoms with van der Waals surface area (Å²) in [5, 5.41) is 0. The van der Waals surface area contributed by atoms with Crippen molar-refractivity contribution in [3.05, 3.63) is 0 Å². The van der Waals surface area contributed by atoms with Crippen molar-refractivity contribution in [1.82, 2.24) is 15.8 Å². The second-order valence-electron chi connectivity index (χ2n) is 3.75. The Hall–Kier alpha value is -1.67. The van der Waals surface area contributed by atoms with Crippen LogP contribution >= 0.6 is 0 Å². The normalized spacial score (nSPS) is 10.1. The quantitative estimate of drug-likeness (QED) is 0.397. The van der Waals surface area contributed by atoms with Gasteiger partial charge in [-0.2, -0.15) is 0 Å². The molecule has 110 valence electrons. The molecular formula is C11H21N3O5. The number of amides is 1. The molecule has 0 unspecified atom stereocenters. The first-order valence-electron chi connectivity index (χ1n) is 5.90. The van der Waals surface area contributed by atoms with Gasteiger partial charge < -0.3 is 9.47 Å². The van der Waals surface area contributed by atoms with E-state index in [1.165, 1.54) is 13.8 Å². The van der Waals surface area contributed by atoms with Crippen LogP contribution < -0.4 is 10.9 Å². The molecule has 0 aromatic rings. The molecular weight excluding hydrogens is 254 g/mol. The Balaban J connectivity index is 4.09. The van der Waals surface area contributed by atoms with Crippen molar-refractivity contribution in [1.29, 1.82) is 0 Å². The van der Waals surface area contributed by atoms with Gasteiger partial charge in [-0.05, 0) is 0 Å². The molecule has 0 bridgehead atoms. The minimum Gasteiger partial charge on any atom is -0.465 e. The Bertz CT molecular complexity index is 289. The van der Waals surface area contributed by atoms with E-state index in [9.17, 15) is 14.4 Å². The van der Waals surface area contributed by atoms with Gasteiger partial charge in [0.1, 0.15) is 13.2 Å². The minimum absolute atomic E-state index is 0.114. The molecule has 2 N–H and O–H groups in total. The Morgan fingerprint density at radius 2 is 1.47 bits per heavy atom. The monoisotopic (exact) mass is 275 g/mol. The van der Waals surface area contributed by atoms with Gasteiger partial charge in [0.2, 0.25) is 5.91 Å². The molecule has 0 heterocycles. The van der Waals surface area contributed by atoms with Gasteiger partial charge >= 0.3 is 11.9 Å².